The summed E-state index contributed by atoms with van der Waals surface area (Å²) < 4.78 is 0. The van der Waals surface area contributed by atoms with Gasteiger partial charge in [-0.2, -0.15) is 0 Å². The van der Waals surface area contributed by atoms with Crippen LogP contribution in [0.25, 0.3) is 0 Å². The fraction of sp³-hybridized carbons (Fsp3) is 0.571. The second-order valence-corrected chi connectivity index (χ2v) is 5.08. The van der Waals surface area contributed by atoms with E-state index in [9.17, 15) is 5.11 Å². The van der Waals surface area contributed by atoms with E-state index in [1.807, 2.05) is 18.2 Å². The molecule has 1 atom stereocenters. The summed E-state index contributed by atoms with van der Waals surface area (Å²) in [7, 11) is 0. The van der Waals surface area contributed by atoms with E-state index in [1.54, 1.807) is 6.92 Å². The summed E-state index contributed by atoms with van der Waals surface area (Å²) in [6.07, 6.45) is 0.618. The molecule has 1 N–H and O–H groups in total. The molecule has 0 heterocycles. The molecule has 0 unspecified atom stereocenters. The van der Waals surface area contributed by atoms with E-state index in [2.05, 4.69) is 25.7 Å². The number of nitrogens with zero attached hydrogens (tertiary/aromatic N) is 1. The first-order valence-electron chi connectivity index (χ1n) is 6.21. The first-order valence-corrected chi connectivity index (χ1v) is 6.59. The van der Waals surface area contributed by atoms with E-state index in [4.69, 9.17) is 11.6 Å². The lowest BCUT2D eigenvalue weighted by Crippen LogP contribution is -2.31. The Morgan fingerprint density at radius 1 is 1.29 bits per heavy atom. The standard InChI is InChI=1S/C14H22ClNO/c1-5-8-16(10(2)3)14-7-6-12(11(4)17)9-13(14)15/h6-7,9-11,17H,5,8H2,1-4H3/t11-/m1/s1. The number of hydrogen-bond donors (Lipinski definition) is 1. The summed E-state index contributed by atoms with van der Waals surface area (Å²) in [5.74, 6) is 0. The minimum absolute atomic E-state index is 0.421. The van der Waals surface area contributed by atoms with E-state index in [1.165, 1.54) is 0 Å². The number of benzene rings is 1. The van der Waals surface area contributed by atoms with Crippen LogP contribution in [-0.4, -0.2) is 17.7 Å². The molecular formula is C14H22ClNO. The first-order chi connectivity index (χ1) is 7.97. The highest BCUT2D eigenvalue weighted by Gasteiger charge is 2.14. The highest BCUT2D eigenvalue weighted by Crippen LogP contribution is 2.30. The Hall–Kier alpha value is -0.730. The van der Waals surface area contributed by atoms with Crippen LogP contribution in [-0.2, 0) is 0 Å². The zero-order chi connectivity index (χ0) is 13.0. The topological polar surface area (TPSA) is 23.5 Å². The van der Waals surface area contributed by atoms with Crippen molar-refractivity contribution in [2.75, 3.05) is 11.4 Å². The molecule has 0 bridgehead atoms. The molecule has 2 nitrogen and oxygen atoms in total. The molecule has 1 rings (SSSR count). The number of hydrogen-bond acceptors (Lipinski definition) is 2. The predicted molar refractivity (Wildman–Crippen MR) is 74.9 cm³/mol. The van der Waals surface area contributed by atoms with E-state index >= 15 is 0 Å². The van der Waals surface area contributed by atoms with Gasteiger partial charge >= 0.3 is 0 Å². The van der Waals surface area contributed by atoms with Crippen molar-refractivity contribution < 1.29 is 5.11 Å². The maximum atomic E-state index is 9.52. The number of aliphatic hydroxyl groups is 1. The van der Waals surface area contributed by atoms with Crippen molar-refractivity contribution in [2.24, 2.45) is 0 Å². The van der Waals surface area contributed by atoms with Gasteiger partial charge in [0.2, 0.25) is 0 Å². The smallest absolute Gasteiger partial charge is 0.0762 e. The fourth-order valence-corrected chi connectivity index (χ4v) is 2.21. The Kier molecular flexibility index (Phi) is 5.29. The molecule has 3 heteroatoms. The van der Waals surface area contributed by atoms with Gasteiger partial charge in [-0.15, -0.1) is 0 Å². The third kappa shape index (κ3) is 3.62. The van der Waals surface area contributed by atoms with Gasteiger partial charge in [-0.3, -0.25) is 0 Å². The maximum absolute atomic E-state index is 9.52. The number of halogens is 1. The van der Waals surface area contributed by atoms with Gasteiger partial charge in [-0.25, -0.2) is 0 Å². The normalized spacial score (nSPS) is 12.9. The van der Waals surface area contributed by atoms with E-state index in [-0.39, 0.29) is 0 Å². The number of rotatable bonds is 5. The average molecular weight is 256 g/mol. The van der Waals surface area contributed by atoms with Gasteiger partial charge in [0.1, 0.15) is 0 Å². The quantitative estimate of drug-likeness (QED) is 0.859. The summed E-state index contributed by atoms with van der Waals surface area (Å²) in [6.45, 7) is 9.22. The number of aliphatic hydroxyl groups excluding tert-OH is 1. The molecule has 0 radical (unpaired) electrons. The SMILES string of the molecule is CCCN(c1ccc([C@@H](C)O)cc1Cl)C(C)C. The van der Waals surface area contributed by atoms with Gasteiger partial charge in [0.25, 0.3) is 0 Å². The van der Waals surface area contributed by atoms with Crippen molar-refractivity contribution in [2.45, 2.75) is 46.3 Å². The van der Waals surface area contributed by atoms with Crippen molar-refractivity contribution in [1.82, 2.24) is 0 Å². The summed E-state index contributed by atoms with van der Waals surface area (Å²) in [5.41, 5.74) is 1.91. The van der Waals surface area contributed by atoms with Crippen LogP contribution in [0.2, 0.25) is 5.02 Å². The van der Waals surface area contributed by atoms with Crippen molar-refractivity contribution >= 4 is 17.3 Å². The highest BCUT2D eigenvalue weighted by atomic mass is 35.5. The zero-order valence-corrected chi connectivity index (χ0v) is 11.8. The van der Waals surface area contributed by atoms with Gasteiger partial charge in [-0.05, 0) is 44.9 Å². The van der Waals surface area contributed by atoms with Crippen LogP contribution < -0.4 is 4.90 Å². The molecule has 0 aliphatic carbocycles. The van der Waals surface area contributed by atoms with Crippen molar-refractivity contribution in [3.05, 3.63) is 28.8 Å². The lowest BCUT2D eigenvalue weighted by molar-refractivity contribution is 0.199. The van der Waals surface area contributed by atoms with E-state index < -0.39 is 6.10 Å². The molecule has 1 aromatic carbocycles. The molecule has 0 saturated heterocycles. The van der Waals surface area contributed by atoms with Crippen LogP contribution in [0.15, 0.2) is 18.2 Å². The molecule has 0 amide bonds. The molecule has 96 valence electrons. The molecule has 0 aromatic heterocycles. The van der Waals surface area contributed by atoms with Crippen LogP contribution in [0.5, 0.6) is 0 Å². The summed E-state index contributed by atoms with van der Waals surface area (Å²) in [4.78, 5) is 2.29. The summed E-state index contributed by atoms with van der Waals surface area (Å²) >= 11 is 6.30. The lowest BCUT2D eigenvalue weighted by Gasteiger charge is -2.29. The predicted octanol–water partition coefficient (Wildman–Crippen LogP) is 4.02. The molecule has 1 aromatic rings. The minimum atomic E-state index is -0.472. The van der Waals surface area contributed by atoms with Gasteiger partial charge < -0.3 is 10.0 Å². The van der Waals surface area contributed by atoms with Gasteiger partial charge in [0, 0.05) is 12.6 Å². The maximum Gasteiger partial charge on any atom is 0.0762 e. The monoisotopic (exact) mass is 255 g/mol. The molecule has 0 aliphatic heterocycles. The van der Waals surface area contributed by atoms with Crippen molar-refractivity contribution in [3.8, 4) is 0 Å². The molecule has 0 aliphatic rings. The average Bonchev–Trinajstić information content (AvgIpc) is 2.26. The van der Waals surface area contributed by atoms with E-state index in [0.717, 1.165) is 24.2 Å². The number of anilines is 1. The lowest BCUT2D eigenvalue weighted by atomic mass is 10.1. The molecule has 0 fully saturated rings. The minimum Gasteiger partial charge on any atom is -0.389 e. The second-order valence-electron chi connectivity index (χ2n) is 4.67. The third-order valence-corrected chi connectivity index (χ3v) is 3.15. The van der Waals surface area contributed by atoms with Gasteiger partial charge in [0.15, 0.2) is 0 Å². The Labute approximate surface area is 109 Å². The van der Waals surface area contributed by atoms with Crippen LogP contribution >= 0.6 is 11.6 Å². The third-order valence-electron chi connectivity index (χ3n) is 2.85. The fourth-order valence-electron chi connectivity index (χ4n) is 1.91. The Morgan fingerprint density at radius 2 is 1.94 bits per heavy atom. The van der Waals surface area contributed by atoms with Crippen LogP contribution in [0, 0.1) is 0 Å². The Bertz CT molecular complexity index is 363. The molecule has 0 spiro atoms. The van der Waals surface area contributed by atoms with E-state index in [0.29, 0.717) is 11.1 Å². The second kappa shape index (κ2) is 6.27. The molecule has 0 saturated carbocycles. The van der Waals surface area contributed by atoms with Gasteiger partial charge in [0.05, 0.1) is 16.8 Å². The largest absolute Gasteiger partial charge is 0.389 e. The van der Waals surface area contributed by atoms with Crippen LogP contribution in [0.4, 0.5) is 5.69 Å². The van der Waals surface area contributed by atoms with Crippen molar-refractivity contribution in [1.29, 1.82) is 0 Å². The Morgan fingerprint density at radius 3 is 2.35 bits per heavy atom. The molecular weight excluding hydrogens is 234 g/mol. The summed E-state index contributed by atoms with van der Waals surface area (Å²) in [5, 5.41) is 10.2. The van der Waals surface area contributed by atoms with Crippen LogP contribution in [0.3, 0.4) is 0 Å². The Balaban J connectivity index is 3.04. The summed E-state index contributed by atoms with van der Waals surface area (Å²) in [6, 6.07) is 6.22. The van der Waals surface area contributed by atoms with Crippen molar-refractivity contribution in [3.63, 3.8) is 0 Å². The molecule has 17 heavy (non-hydrogen) atoms. The zero-order valence-electron chi connectivity index (χ0n) is 11.1. The van der Waals surface area contributed by atoms with Gasteiger partial charge in [-0.1, -0.05) is 24.6 Å². The first kappa shape index (κ1) is 14.3. The highest BCUT2D eigenvalue weighted by molar-refractivity contribution is 6.33. The van der Waals surface area contributed by atoms with Crippen LogP contribution in [0.1, 0.15) is 45.8 Å².